The molecule has 0 rings (SSSR count). The van der Waals surface area contributed by atoms with E-state index in [0.29, 0.717) is 0 Å². The highest BCUT2D eigenvalue weighted by atomic mass is 35.5. The zero-order valence-electron chi connectivity index (χ0n) is 3.81. The van der Waals surface area contributed by atoms with Crippen molar-refractivity contribution in [3.8, 4) is 0 Å². The van der Waals surface area contributed by atoms with Crippen LogP contribution in [-0.2, 0) is 11.1 Å². The van der Waals surface area contributed by atoms with Gasteiger partial charge in [0.1, 0.15) is 0 Å². The second kappa shape index (κ2) is 2.85. The Hall–Kier alpha value is 0.190. The van der Waals surface area contributed by atoms with Gasteiger partial charge in [-0.05, 0) is 0 Å². The fraction of sp³-hybridized carbons (Fsp3) is 1.00. The van der Waals surface area contributed by atoms with Gasteiger partial charge in [0.25, 0.3) is 0 Å². The fourth-order valence-corrected chi connectivity index (χ4v) is 0.436. The van der Waals surface area contributed by atoms with Crippen molar-refractivity contribution in [1.29, 1.82) is 0 Å². The van der Waals surface area contributed by atoms with E-state index in [0.717, 1.165) is 0 Å². The molecule has 2 nitrogen and oxygen atoms in total. The average Bonchev–Trinajstić information content (AvgIpc) is 1.65. The lowest BCUT2D eigenvalue weighted by molar-refractivity contribution is 0.0402. The lowest BCUT2D eigenvalue weighted by Gasteiger charge is -2.17. The molecular formula is C2HClF3O2S-. The highest BCUT2D eigenvalue weighted by Gasteiger charge is 2.40. The Morgan fingerprint density at radius 1 is 1.67 bits per heavy atom. The molecule has 0 saturated heterocycles. The molecule has 0 heterocycles. The van der Waals surface area contributed by atoms with E-state index in [1.54, 1.807) is 0 Å². The summed E-state index contributed by atoms with van der Waals surface area (Å²) in [4.78, 5) is 0. The normalized spacial score (nSPS) is 19.2. The third-order valence-corrected chi connectivity index (χ3v) is 1.53. The highest BCUT2D eigenvalue weighted by Crippen LogP contribution is 2.26. The third-order valence-electron chi connectivity index (χ3n) is 0.476. The summed E-state index contributed by atoms with van der Waals surface area (Å²) in [6, 6.07) is 0. The third kappa shape index (κ3) is 2.11. The van der Waals surface area contributed by atoms with Crippen molar-refractivity contribution in [3.63, 3.8) is 0 Å². The van der Waals surface area contributed by atoms with E-state index < -0.39 is 22.0 Å². The lowest BCUT2D eigenvalue weighted by Crippen LogP contribution is -2.30. The molecule has 7 heteroatoms. The van der Waals surface area contributed by atoms with Crippen LogP contribution < -0.4 is 0 Å². The molecule has 0 aromatic carbocycles. The summed E-state index contributed by atoms with van der Waals surface area (Å²) >= 11 is 0.358. The van der Waals surface area contributed by atoms with Crippen molar-refractivity contribution < 1.29 is 21.9 Å². The Labute approximate surface area is 56.3 Å². The van der Waals surface area contributed by atoms with Gasteiger partial charge in [-0.25, -0.2) is 4.39 Å². The maximum atomic E-state index is 11.5. The molecule has 9 heavy (non-hydrogen) atoms. The summed E-state index contributed by atoms with van der Waals surface area (Å²) in [6.45, 7) is 0. The fourth-order valence-electron chi connectivity index (χ4n) is 0.0727. The van der Waals surface area contributed by atoms with Crippen molar-refractivity contribution in [2.24, 2.45) is 0 Å². The topological polar surface area (TPSA) is 40.1 Å². The van der Waals surface area contributed by atoms with E-state index in [1.165, 1.54) is 0 Å². The SMILES string of the molecule is O=S([O-])C(F)(F)C(F)Cl. The van der Waals surface area contributed by atoms with Gasteiger partial charge in [0.05, 0.1) is 0 Å². The van der Waals surface area contributed by atoms with E-state index >= 15 is 0 Å². The molecule has 0 aliphatic rings. The van der Waals surface area contributed by atoms with E-state index in [9.17, 15) is 21.9 Å². The monoisotopic (exact) mass is 181 g/mol. The van der Waals surface area contributed by atoms with Crippen LogP contribution in [0.1, 0.15) is 0 Å². The van der Waals surface area contributed by atoms with Crippen LogP contribution in [0.3, 0.4) is 0 Å². The number of alkyl halides is 4. The summed E-state index contributed by atoms with van der Waals surface area (Å²) in [6.07, 6.45) is 0. The number of halogens is 4. The van der Waals surface area contributed by atoms with Crippen LogP contribution in [0.15, 0.2) is 0 Å². The highest BCUT2D eigenvalue weighted by molar-refractivity contribution is 7.80. The van der Waals surface area contributed by atoms with Crippen LogP contribution >= 0.6 is 11.6 Å². The van der Waals surface area contributed by atoms with Gasteiger partial charge in [-0.3, -0.25) is 4.21 Å². The van der Waals surface area contributed by atoms with E-state index in [4.69, 9.17) is 0 Å². The van der Waals surface area contributed by atoms with Gasteiger partial charge in [0.2, 0.25) is 5.63 Å². The first-order valence-electron chi connectivity index (χ1n) is 1.64. The predicted octanol–water partition coefficient (Wildman–Crippen LogP) is 0.993. The molecule has 2 unspecified atom stereocenters. The molecule has 0 fully saturated rings. The van der Waals surface area contributed by atoms with Crippen molar-refractivity contribution in [2.75, 3.05) is 0 Å². The largest absolute Gasteiger partial charge is 0.768 e. The molecule has 0 spiro atoms. The zero-order valence-corrected chi connectivity index (χ0v) is 5.39. The van der Waals surface area contributed by atoms with Gasteiger partial charge in [-0.2, -0.15) is 8.78 Å². The van der Waals surface area contributed by atoms with Crippen LogP contribution in [0.25, 0.3) is 0 Å². The predicted molar refractivity (Wildman–Crippen MR) is 24.6 cm³/mol. The van der Waals surface area contributed by atoms with Crippen LogP contribution in [0.4, 0.5) is 13.2 Å². The Morgan fingerprint density at radius 2 is 2.00 bits per heavy atom. The Balaban J connectivity index is 4.19. The maximum Gasteiger partial charge on any atom is 0.353 e. The molecular weight excluding hydrogens is 181 g/mol. The molecule has 0 aromatic rings. The molecule has 0 radical (unpaired) electrons. The smallest absolute Gasteiger partial charge is 0.353 e. The second-order valence-electron chi connectivity index (χ2n) is 1.10. The van der Waals surface area contributed by atoms with Crippen LogP contribution in [-0.4, -0.2) is 19.6 Å². The van der Waals surface area contributed by atoms with Crippen LogP contribution in [0.5, 0.6) is 0 Å². The molecule has 56 valence electrons. The second-order valence-corrected chi connectivity index (χ2v) is 2.49. The number of rotatable bonds is 2. The van der Waals surface area contributed by atoms with E-state index in [-0.39, 0.29) is 0 Å². The molecule has 0 N–H and O–H groups in total. The van der Waals surface area contributed by atoms with E-state index in [2.05, 4.69) is 11.6 Å². The molecule has 2 atom stereocenters. The number of hydrogen-bond donors (Lipinski definition) is 0. The summed E-state index contributed by atoms with van der Waals surface area (Å²) < 4.78 is 53.2. The van der Waals surface area contributed by atoms with Crippen molar-refractivity contribution >= 4 is 22.7 Å². The summed E-state index contributed by atoms with van der Waals surface area (Å²) in [5, 5.41) is -4.48. The van der Waals surface area contributed by atoms with Crippen LogP contribution in [0, 0.1) is 0 Å². The quantitative estimate of drug-likeness (QED) is 0.471. The van der Waals surface area contributed by atoms with Gasteiger partial charge in [0, 0.05) is 11.1 Å². The first kappa shape index (κ1) is 9.19. The van der Waals surface area contributed by atoms with Crippen molar-refractivity contribution in [1.82, 2.24) is 0 Å². The lowest BCUT2D eigenvalue weighted by atomic mass is 10.8. The van der Waals surface area contributed by atoms with Crippen LogP contribution in [0.2, 0.25) is 0 Å². The minimum absolute atomic E-state index is 3.18. The van der Waals surface area contributed by atoms with Gasteiger partial charge < -0.3 is 4.55 Å². The Kier molecular flexibility index (Phi) is 2.91. The Bertz CT molecular complexity index is 127. The van der Waals surface area contributed by atoms with E-state index in [1.807, 2.05) is 0 Å². The minimum atomic E-state index is -4.48. The molecule has 0 aliphatic carbocycles. The van der Waals surface area contributed by atoms with Gasteiger partial charge in [-0.1, -0.05) is 11.6 Å². The average molecular weight is 182 g/mol. The molecule has 0 saturated carbocycles. The first-order chi connectivity index (χ1) is 3.89. The minimum Gasteiger partial charge on any atom is -0.768 e. The summed E-state index contributed by atoms with van der Waals surface area (Å²) in [5.74, 6) is 0. The molecule has 0 aliphatic heterocycles. The first-order valence-corrected chi connectivity index (χ1v) is 3.15. The Morgan fingerprint density at radius 3 is 2.00 bits per heavy atom. The molecule has 0 aromatic heterocycles. The van der Waals surface area contributed by atoms with Gasteiger partial charge in [0.15, 0.2) is 0 Å². The molecule has 0 bridgehead atoms. The maximum absolute atomic E-state index is 11.5. The van der Waals surface area contributed by atoms with Crippen molar-refractivity contribution in [2.45, 2.75) is 10.9 Å². The molecule has 0 amide bonds. The van der Waals surface area contributed by atoms with Gasteiger partial charge >= 0.3 is 5.25 Å². The number of hydrogen-bond acceptors (Lipinski definition) is 2. The summed E-state index contributed by atoms with van der Waals surface area (Å²) in [5.41, 5.74) is -3.18. The zero-order chi connectivity index (χ0) is 7.65. The van der Waals surface area contributed by atoms with Gasteiger partial charge in [-0.15, -0.1) is 0 Å². The standard InChI is InChI=1S/C2H2ClF3O2S/c3-1(4)2(5,6)9(7)8/h1H,(H,7,8)/p-1. The summed E-state index contributed by atoms with van der Waals surface area (Å²) in [7, 11) is 0. The van der Waals surface area contributed by atoms with Crippen molar-refractivity contribution in [3.05, 3.63) is 0 Å².